The van der Waals surface area contributed by atoms with E-state index in [0.29, 0.717) is 13.1 Å². The molecule has 3 aromatic rings. The fourth-order valence-corrected chi connectivity index (χ4v) is 3.77. The Morgan fingerprint density at radius 2 is 1.88 bits per heavy atom. The van der Waals surface area contributed by atoms with Gasteiger partial charge in [0, 0.05) is 57.7 Å². The van der Waals surface area contributed by atoms with E-state index < -0.39 is 11.7 Å². The van der Waals surface area contributed by atoms with Gasteiger partial charge in [0.15, 0.2) is 12.4 Å². The number of aromatic nitrogens is 4. The molecular formula is C22H25F3N6O2. The van der Waals surface area contributed by atoms with Gasteiger partial charge in [0.1, 0.15) is 5.75 Å². The summed E-state index contributed by atoms with van der Waals surface area (Å²) < 4.78 is 47.1. The fourth-order valence-electron chi connectivity index (χ4n) is 3.77. The van der Waals surface area contributed by atoms with Crippen molar-refractivity contribution in [3.63, 3.8) is 0 Å². The van der Waals surface area contributed by atoms with Crippen LogP contribution in [0.3, 0.4) is 0 Å². The van der Waals surface area contributed by atoms with Crippen LogP contribution >= 0.6 is 0 Å². The van der Waals surface area contributed by atoms with E-state index in [-0.39, 0.29) is 24.1 Å². The highest BCUT2D eigenvalue weighted by Crippen LogP contribution is 2.31. The Labute approximate surface area is 189 Å². The second-order valence-corrected chi connectivity index (χ2v) is 8.02. The van der Waals surface area contributed by atoms with Crippen molar-refractivity contribution in [1.29, 1.82) is 0 Å². The van der Waals surface area contributed by atoms with Crippen molar-refractivity contribution in [1.82, 2.24) is 29.4 Å². The Bertz CT molecular complexity index is 1120. The first-order valence-electron chi connectivity index (χ1n) is 10.5. The van der Waals surface area contributed by atoms with Crippen molar-refractivity contribution in [3.8, 4) is 5.75 Å². The molecule has 4 rings (SSSR count). The molecule has 11 heteroatoms. The number of rotatable bonds is 6. The van der Waals surface area contributed by atoms with Gasteiger partial charge in [0.2, 0.25) is 0 Å². The number of carbonyl (C=O) groups excluding carboxylic acids is 1. The Hall–Kier alpha value is -3.34. The van der Waals surface area contributed by atoms with Crippen LogP contribution in [-0.4, -0.2) is 61.4 Å². The zero-order valence-electron chi connectivity index (χ0n) is 18.4. The first-order valence-corrected chi connectivity index (χ1v) is 10.5. The molecule has 33 heavy (non-hydrogen) atoms. The summed E-state index contributed by atoms with van der Waals surface area (Å²) in [4.78, 5) is 16.9. The molecule has 0 N–H and O–H groups in total. The molecule has 0 aliphatic carbocycles. The average molecular weight is 462 g/mol. The van der Waals surface area contributed by atoms with E-state index in [2.05, 4.69) is 15.1 Å². The lowest BCUT2D eigenvalue weighted by molar-refractivity contribution is -0.137. The Kier molecular flexibility index (Phi) is 6.41. The van der Waals surface area contributed by atoms with Crippen LogP contribution in [0.25, 0.3) is 0 Å². The average Bonchev–Trinajstić information content (AvgIpc) is 3.38. The minimum atomic E-state index is -4.44. The number of ether oxygens (including phenoxy) is 1. The number of halogens is 3. The molecule has 1 aromatic carbocycles. The van der Waals surface area contributed by atoms with Crippen molar-refractivity contribution in [3.05, 3.63) is 65.2 Å². The maximum absolute atomic E-state index is 12.8. The van der Waals surface area contributed by atoms with Gasteiger partial charge in [0.05, 0.1) is 11.3 Å². The van der Waals surface area contributed by atoms with Crippen LogP contribution in [0.5, 0.6) is 5.75 Å². The fraction of sp³-hybridized carbons (Fsp3) is 0.409. The van der Waals surface area contributed by atoms with Gasteiger partial charge in [-0.05, 0) is 31.2 Å². The number of amides is 1. The molecule has 0 bridgehead atoms. The molecule has 1 aliphatic heterocycles. The van der Waals surface area contributed by atoms with Crippen LogP contribution in [0.2, 0.25) is 0 Å². The normalized spacial score (nSPS) is 15.1. The highest BCUT2D eigenvalue weighted by atomic mass is 19.4. The van der Waals surface area contributed by atoms with E-state index in [1.807, 2.05) is 20.2 Å². The summed E-state index contributed by atoms with van der Waals surface area (Å²) in [6, 6.07) is 6.23. The first-order chi connectivity index (χ1) is 15.7. The quantitative estimate of drug-likeness (QED) is 0.564. The number of benzene rings is 1. The van der Waals surface area contributed by atoms with Crippen LogP contribution in [0.15, 0.2) is 42.7 Å². The topological polar surface area (TPSA) is 68.4 Å². The highest BCUT2D eigenvalue weighted by molar-refractivity contribution is 5.92. The number of alkyl halides is 3. The monoisotopic (exact) mass is 462 g/mol. The first kappa shape index (κ1) is 22.8. The molecule has 1 aliphatic rings. The third kappa shape index (κ3) is 5.54. The molecule has 0 unspecified atom stereocenters. The molecule has 1 fully saturated rings. The van der Waals surface area contributed by atoms with Crippen LogP contribution in [0.4, 0.5) is 13.2 Å². The SMILES string of the molecule is Cc1nn(C)cc1CN1CCN(C(=O)c2ccn(COc3cccc(C(F)(F)F)c3)n2)CC1. The Morgan fingerprint density at radius 3 is 2.55 bits per heavy atom. The van der Waals surface area contributed by atoms with Crippen LogP contribution in [-0.2, 0) is 26.5 Å². The third-order valence-electron chi connectivity index (χ3n) is 5.55. The predicted octanol–water partition coefficient (Wildman–Crippen LogP) is 2.94. The summed E-state index contributed by atoms with van der Waals surface area (Å²) in [5, 5.41) is 8.59. The molecular weight excluding hydrogens is 437 g/mol. The number of piperazine rings is 1. The van der Waals surface area contributed by atoms with Crippen molar-refractivity contribution >= 4 is 5.91 Å². The molecule has 1 saturated heterocycles. The second kappa shape index (κ2) is 9.26. The van der Waals surface area contributed by atoms with Gasteiger partial charge in [-0.25, -0.2) is 4.68 Å². The lowest BCUT2D eigenvalue weighted by atomic mass is 10.2. The third-order valence-corrected chi connectivity index (χ3v) is 5.55. The summed E-state index contributed by atoms with van der Waals surface area (Å²) in [6.45, 7) is 5.36. The van der Waals surface area contributed by atoms with Gasteiger partial charge >= 0.3 is 6.18 Å². The molecule has 8 nitrogen and oxygen atoms in total. The lowest BCUT2D eigenvalue weighted by Gasteiger charge is -2.34. The van der Waals surface area contributed by atoms with Gasteiger partial charge in [-0.15, -0.1) is 0 Å². The Balaban J connectivity index is 1.29. The molecule has 176 valence electrons. The number of hydrogen-bond donors (Lipinski definition) is 0. The minimum Gasteiger partial charge on any atom is -0.471 e. The van der Waals surface area contributed by atoms with E-state index in [4.69, 9.17) is 4.74 Å². The molecule has 1 amide bonds. The predicted molar refractivity (Wildman–Crippen MR) is 113 cm³/mol. The number of nitrogens with zero attached hydrogens (tertiary/aromatic N) is 6. The smallest absolute Gasteiger partial charge is 0.416 e. The largest absolute Gasteiger partial charge is 0.471 e. The van der Waals surface area contributed by atoms with E-state index >= 15 is 0 Å². The molecule has 0 saturated carbocycles. The summed E-state index contributed by atoms with van der Waals surface area (Å²) in [6.07, 6.45) is -0.852. The highest BCUT2D eigenvalue weighted by Gasteiger charge is 2.30. The van der Waals surface area contributed by atoms with Crippen molar-refractivity contribution in [2.45, 2.75) is 26.4 Å². The molecule has 3 heterocycles. The van der Waals surface area contributed by atoms with E-state index in [1.165, 1.54) is 22.4 Å². The second-order valence-electron chi connectivity index (χ2n) is 8.02. The maximum atomic E-state index is 12.8. The van der Waals surface area contributed by atoms with E-state index in [0.717, 1.165) is 37.5 Å². The zero-order chi connectivity index (χ0) is 23.6. The van der Waals surface area contributed by atoms with Crippen LogP contribution in [0, 0.1) is 6.92 Å². The summed E-state index contributed by atoms with van der Waals surface area (Å²) in [5.74, 6) is -0.0989. The van der Waals surface area contributed by atoms with Gasteiger partial charge in [-0.2, -0.15) is 23.4 Å². The lowest BCUT2D eigenvalue weighted by Crippen LogP contribution is -2.48. The minimum absolute atomic E-state index is 0.0770. The summed E-state index contributed by atoms with van der Waals surface area (Å²) in [5.41, 5.74) is 1.68. The van der Waals surface area contributed by atoms with Crippen LogP contribution < -0.4 is 4.74 Å². The van der Waals surface area contributed by atoms with Crippen molar-refractivity contribution in [2.24, 2.45) is 7.05 Å². The molecule has 2 aromatic heterocycles. The van der Waals surface area contributed by atoms with Gasteiger partial charge in [0.25, 0.3) is 5.91 Å². The zero-order valence-corrected chi connectivity index (χ0v) is 18.4. The summed E-state index contributed by atoms with van der Waals surface area (Å²) in [7, 11) is 1.90. The number of aryl methyl sites for hydroxylation is 2. The van der Waals surface area contributed by atoms with Crippen LogP contribution in [0.1, 0.15) is 27.3 Å². The van der Waals surface area contributed by atoms with E-state index in [9.17, 15) is 18.0 Å². The number of hydrogen-bond acceptors (Lipinski definition) is 5. The van der Waals surface area contributed by atoms with Gasteiger partial charge in [-0.1, -0.05) is 6.07 Å². The molecule has 0 atom stereocenters. The molecule has 0 spiro atoms. The van der Waals surface area contributed by atoms with E-state index in [1.54, 1.807) is 21.8 Å². The van der Waals surface area contributed by atoms with Gasteiger partial charge < -0.3 is 9.64 Å². The van der Waals surface area contributed by atoms with Crippen molar-refractivity contribution in [2.75, 3.05) is 26.2 Å². The van der Waals surface area contributed by atoms with Crippen molar-refractivity contribution < 1.29 is 22.7 Å². The standard InChI is InChI=1S/C22H25F3N6O2/c1-16-17(13-28(2)26-16)14-29-8-10-30(11-9-29)21(32)20-6-7-31(27-20)15-33-19-5-3-4-18(12-19)22(23,24)25/h3-7,12-13H,8-11,14-15H2,1-2H3. The molecule has 0 radical (unpaired) electrons. The number of carbonyl (C=O) groups is 1. The van der Waals surface area contributed by atoms with Gasteiger partial charge in [-0.3, -0.25) is 14.4 Å². The summed E-state index contributed by atoms with van der Waals surface area (Å²) >= 11 is 0. The maximum Gasteiger partial charge on any atom is 0.416 e. The Morgan fingerprint density at radius 1 is 1.12 bits per heavy atom.